The van der Waals surface area contributed by atoms with Crippen molar-refractivity contribution in [2.45, 2.75) is 65.5 Å². The molecule has 1 aromatic rings. The highest BCUT2D eigenvalue weighted by molar-refractivity contribution is 5.27. The van der Waals surface area contributed by atoms with Crippen LogP contribution in [-0.2, 0) is 13.0 Å². The van der Waals surface area contributed by atoms with Crippen molar-refractivity contribution in [3.8, 4) is 0 Å². The number of hydrogen-bond donors (Lipinski definition) is 1. The Morgan fingerprint density at radius 1 is 0.882 bits per heavy atom. The van der Waals surface area contributed by atoms with Crippen LogP contribution in [0.2, 0.25) is 0 Å². The van der Waals surface area contributed by atoms with Crippen molar-refractivity contribution in [2.24, 2.45) is 0 Å². The standard InChI is InChI=1S/C16H27N/c1-5-14-11-9-10-12-15(14)13-17-16(6-2,7-3)8-4/h9-12,17H,5-8,13H2,1-4H3. The molecule has 0 saturated heterocycles. The Morgan fingerprint density at radius 2 is 1.41 bits per heavy atom. The third-order valence-electron chi connectivity index (χ3n) is 4.18. The molecule has 0 aliphatic rings. The minimum Gasteiger partial charge on any atom is -0.307 e. The highest BCUT2D eigenvalue weighted by atomic mass is 15.0. The summed E-state index contributed by atoms with van der Waals surface area (Å²) >= 11 is 0. The van der Waals surface area contributed by atoms with Gasteiger partial charge in [0.05, 0.1) is 0 Å². The molecule has 1 rings (SSSR count). The number of rotatable bonds is 7. The SMILES string of the molecule is CCc1ccccc1CNC(CC)(CC)CC. The summed E-state index contributed by atoms with van der Waals surface area (Å²) in [5.41, 5.74) is 3.24. The molecule has 0 aromatic heterocycles. The molecule has 1 heteroatoms. The lowest BCUT2D eigenvalue weighted by molar-refractivity contribution is 0.288. The van der Waals surface area contributed by atoms with Crippen LogP contribution < -0.4 is 5.32 Å². The molecule has 0 heterocycles. The molecule has 0 radical (unpaired) electrons. The van der Waals surface area contributed by atoms with Gasteiger partial charge in [0.2, 0.25) is 0 Å². The molecule has 0 saturated carbocycles. The van der Waals surface area contributed by atoms with Crippen LogP contribution in [0.1, 0.15) is 58.1 Å². The zero-order chi connectivity index (χ0) is 12.7. The minimum atomic E-state index is 0.320. The van der Waals surface area contributed by atoms with Crippen LogP contribution in [0.25, 0.3) is 0 Å². The van der Waals surface area contributed by atoms with E-state index in [2.05, 4.69) is 57.3 Å². The van der Waals surface area contributed by atoms with Crippen molar-refractivity contribution < 1.29 is 0 Å². The molecular formula is C16H27N. The first-order chi connectivity index (χ1) is 8.21. The van der Waals surface area contributed by atoms with E-state index < -0.39 is 0 Å². The fraction of sp³-hybridized carbons (Fsp3) is 0.625. The number of aryl methyl sites for hydroxylation is 1. The summed E-state index contributed by atoms with van der Waals surface area (Å²) in [5.74, 6) is 0. The van der Waals surface area contributed by atoms with Crippen LogP contribution in [0.15, 0.2) is 24.3 Å². The van der Waals surface area contributed by atoms with Crippen molar-refractivity contribution in [3.05, 3.63) is 35.4 Å². The normalized spacial score (nSPS) is 11.8. The summed E-state index contributed by atoms with van der Waals surface area (Å²) in [6.45, 7) is 10.1. The molecule has 0 aliphatic carbocycles. The summed E-state index contributed by atoms with van der Waals surface area (Å²) in [5, 5.41) is 3.77. The minimum absolute atomic E-state index is 0.320. The third kappa shape index (κ3) is 3.57. The van der Waals surface area contributed by atoms with Gasteiger partial charge in [-0.1, -0.05) is 52.0 Å². The topological polar surface area (TPSA) is 12.0 Å². The third-order valence-corrected chi connectivity index (χ3v) is 4.18. The Balaban J connectivity index is 2.71. The van der Waals surface area contributed by atoms with Gasteiger partial charge in [-0.25, -0.2) is 0 Å². The lowest BCUT2D eigenvalue weighted by atomic mass is 9.89. The second-order valence-corrected chi connectivity index (χ2v) is 4.82. The maximum atomic E-state index is 3.77. The van der Waals surface area contributed by atoms with Gasteiger partial charge in [-0.2, -0.15) is 0 Å². The smallest absolute Gasteiger partial charge is 0.0213 e. The van der Waals surface area contributed by atoms with Gasteiger partial charge in [-0.05, 0) is 36.8 Å². The van der Waals surface area contributed by atoms with E-state index in [1.807, 2.05) is 0 Å². The van der Waals surface area contributed by atoms with E-state index in [9.17, 15) is 0 Å². The Morgan fingerprint density at radius 3 is 1.88 bits per heavy atom. The van der Waals surface area contributed by atoms with Crippen molar-refractivity contribution in [3.63, 3.8) is 0 Å². The van der Waals surface area contributed by atoms with Gasteiger partial charge in [-0.15, -0.1) is 0 Å². The quantitative estimate of drug-likeness (QED) is 0.740. The summed E-state index contributed by atoms with van der Waals surface area (Å²) in [7, 11) is 0. The van der Waals surface area contributed by atoms with Crippen molar-refractivity contribution >= 4 is 0 Å². The number of benzene rings is 1. The van der Waals surface area contributed by atoms with Crippen molar-refractivity contribution in [2.75, 3.05) is 0 Å². The molecule has 1 N–H and O–H groups in total. The van der Waals surface area contributed by atoms with E-state index in [1.165, 1.54) is 30.4 Å². The van der Waals surface area contributed by atoms with Gasteiger partial charge >= 0.3 is 0 Å². The second kappa shape index (κ2) is 6.80. The van der Waals surface area contributed by atoms with Gasteiger partial charge in [0.25, 0.3) is 0 Å². The van der Waals surface area contributed by atoms with E-state index in [0.717, 1.165) is 13.0 Å². The lowest BCUT2D eigenvalue weighted by Crippen LogP contribution is -2.43. The zero-order valence-electron chi connectivity index (χ0n) is 11.8. The maximum Gasteiger partial charge on any atom is 0.0213 e. The molecule has 0 bridgehead atoms. The molecule has 0 atom stereocenters. The monoisotopic (exact) mass is 233 g/mol. The van der Waals surface area contributed by atoms with E-state index in [-0.39, 0.29) is 0 Å². The van der Waals surface area contributed by atoms with E-state index in [1.54, 1.807) is 0 Å². The van der Waals surface area contributed by atoms with E-state index in [4.69, 9.17) is 0 Å². The van der Waals surface area contributed by atoms with Gasteiger partial charge in [0.15, 0.2) is 0 Å². The zero-order valence-corrected chi connectivity index (χ0v) is 11.8. The average molecular weight is 233 g/mol. The van der Waals surface area contributed by atoms with Crippen LogP contribution in [-0.4, -0.2) is 5.54 Å². The molecule has 1 nitrogen and oxygen atoms in total. The molecule has 0 amide bonds. The maximum absolute atomic E-state index is 3.77. The molecule has 0 spiro atoms. The summed E-state index contributed by atoms with van der Waals surface area (Å²) in [6, 6.07) is 8.76. The Hall–Kier alpha value is -0.820. The van der Waals surface area contributed by atoms with Crippen LogP contribution >= 0.6 is 0 Å². The van der Waals surface area contributed by atoms with Crippen LogP contribution in [0.5, 0.6) is 0 Å². The summed E-state index contributed by atoms with van der Waals surface area (Å²) < 4.78 is 0. The average Bonchev–Trinajstić information content (AvgIpc) is 2.41. The second-order valence-electron chi connectivity index (χ2n) is 4.82. The van der Waals surface area contributed by atoms with Crippen LogP contribution in [0.3, 0.4) is 0 Å². The molecule has 0 unspecified atom stereocenters. The van der Waals surface area contributed by atoms with Crippen LogP contribution in [0.4, 0.5) is 0 Å². The Bertz CT molecular complexity index is 318. The van der Waals surface area contributed by atoms with E-state index in [0.29, 0.717) is 5.54 Å². The van der Waals surface area contributed by atoms with Crippen molar-refractivity contribution in [1.29, 1.82) is 0 Å². The lowest BCUT2D eigenvalue weighted by Gasteiger charge is -2.32. The molecule has 0 fully saturated rings. The predicted molar refractivity (Wildman–Crippen MR) is 76.3 cm³/mol. The summed E-state index contributed by atoms with van der Waals surface area (Å²) in [4.78, 5) is 0. The first kappa shape index (κ1) is 14.2. The number of nitrogens with one attached hydrogen (secondary N) is 1. The highest BCUT2D eigenvalue weighted by Crippen LogP contribution is 2.20. The first-order valence-electron chi connectivity index (χ1n) is 7.03. The Kier molecular flexibility index (Phi) is 5.70. The number of hydrogen-bond acceptors (Lipinski definition) is 1. The van der Waals surface area contributed by atoms with Crippen molar-refractivity contribution in [1.82, 2.24) is 5.32 Å². The van der Waals surface area contributed by atoms with Gasteiger partial charge < -0.3 is 5.32 Å². The fourth-order valence-electron chi connectivity index (χ4n) is 2.48. The van der Waals surface area contributed by atoms with Gasteiger partial charge in [-0.3, -0.25) is 0 Å². The molecule has 0 aliphatic heterocycles. The van der Waals surface area contributed by atoms with Gasteiger partial charge in [0.1, 0.15) is 0 Å². The Labute approximate surface area is 107 Å². The highest BCUT2D eigenvalue weighted by Gasteiger charge is 2.22. The largest absolute Gasteiger partial charge is 0.307 e. The predicted octanol–water partition coefficient (Wildman–Crippen LogP) is 4.31. The summed E-state index contributed by atoms with van der Waals surface area (Å²) in [6.07, 6.45) is 4.73. The molecular weight excluding hydrogens is 206 g/mol. The van der Waals surface area contributed by atoms with E-state index >= 15 is 0 Å². The van der Waals surface area contributed by atoms with Gasteiger partial charge in [0, 0.05) is 12.1 Å². The van der Waals surface area contributed by atoms with Crippen LogP contribution in [0, 0.1) is 0 Å². The first-order valence-corrected chi connectivity index (χ1v) is 7.03. The molecule has 1 aromatic carbocycles. The molecule has 17 heavy (non-hydrogen) atoms. The fourth-order valence-corrected chi connectivity index (χ4v) is 2.48. The molecule has 96 valence electrons.